The Balaban J connectivity index is 1.53. The molecule has 0 aliphatic carbocycles. The summed E-state index contributed by atoms with van der Waals surface area (Å²) in [7, 11) is 0. The molecule has 2 aliphatic rings. The Kier molecular flexibility index (Phi) is 4.12. The fourth-order valence-corrected chi connectivity index (χ4v) is 3.53. The molecule has 2 fully saturated rings. The summed E-state index contributed by atoms with van der Waals surface area (Å²) in [6.45, 7) is 0.713. The zero-order valence-corrected chi connectivity index (χ0v) is 14.1. The maximum absolute atomic E-state index is 12.9. The highest BCUT2D eigenvalue weighted by atomic mass is 16.2. The van der Waals surface area contributed by atoms with Crippen LogP contribution in [0.1, 0.15) is 34.8 Å². The van der Waals surface area contributed by atoms with Gasteiger partial charge in [0.05, 0.1) is 6.04 Å². The molecule has 2 aromatic rings. The van der Waals surface area contributed by atoms with Crippen molar-refractivity contribution in [3.63, 3.8) is 0 Å². The average Bonchev–Trinajstić information content (AvgIpc) is 3.28. The van der Waals surface area contributed by atoms with Crippen molar-refractivity contribution in [2.75, 3.05) is 18.0 Å². The minimum absolute atomic E-state index is 0.00132. The number of aromatic nitrogens is 1. The fourth-order valence-electron chi connectivity index (χ4n) is 3.53. The number of hydrogen-bond acceptors (Lipinski definition) is 4. The van der Waals surface area contributed by atoms with Gasteiger partial charge in [0.1, 0.15) is 6.54 Å². The molecule has 3 heterocycles. The van der Waals surface area contributed by atoms with Gasteiger partial charge in [-0.15, -0.1) is 0 Å². The number of carbonyl (C=O) groups excluding carboxylic acids is 3. The van der Waals surface area contributed by atoms with Gasteiger partial charge in [-0.3, -0.25) is 24.8 Å². The van der Waals surface area contributed by atoms with Gasteiger partial charge in [0.15, 0.2) is 0 Å². The van der Waals surface area contributed by atoms with Crippen LogP contribution in [-0.4, -0.2) is 40.8 Å². The Morgan fingerprint density at radius 1 is 1.15 bits per heavy atom. The van der Waals surface area contributed by atoms with Crippen LogP contribution in [0.4, 0.5) is 10.5 Å². The van der Waals surface area contributed by atoms with Gasteiger partial charge in [0, 0.05) is 30.2 Å². The number of nitrogens with one attached hydrogen (secondary N) is 1. The Hall–Kier alpha value is -3.22. The third-order valence-electron chi connectivity index (χ3n) is 4.80. The third kappa shape index (κ3) is 2.92. The Labute approximate surface area is 150 Å². The van der Waals surface area contributed by atoms with E-state index in [0.717, 1.165) is 18.4 Å². The van der Waals surface area contributed by atoms with E-state index in [2.05, 4.69) is 10.3 Å². The number of imide groups is 1. The lowest BCUT2D eigenvalue weighted by Crippen LogP contribution is -2.31. The van der Waals surface area contributed by atoms with Crippen molar-refractivity contribution in [1.82, 2.24) is 15.2 Å². The van der Waals surface area contributed by atoms with E-state index in [-0.39, 0.29) is 24.4 Å². The lowest BCUT2D eigenvalue weighted by molar-refractivity contribution is -0.117. The molecule has 2 aliphatic heterocycles. The predicted octanol–water partition coefficient (Wildman–Crippen LogP) is 2.12. The van der Waals surface area contributed by atoms with E-state index in [9.17, 15) is 14.4 Å². The molecule has 7 nitrogen and oxygen atoms in total. The topological polar surface area (TPSA) is 82.6 Å². The van der Waals surface area contributed by atoms with Crippen molar-refractivity contribution in [3.8, 4) is 0 Å². The van der Waals surface area contributed by atoms with Gasteiger partial charge in [-0.1, -0.05) is 6.07 Å². The molecule has 0 saturated carbocycles. The van der Waals surface area contributed by atoms with Crippen LogP contribution >= 0.6 is 0 Å². The lowest BCUT2D eigenvalue weighted by Gasteiger charge is -2.25. The van der Waals surface area contributed by atoms with Gasteiger partial charge in [0.2, 0.25) is 5.91 Å². The highest BCUT2D eigenvalue weighted by molar-refractivity contribution is 6.12. The second kappa shape index (κ2) is 6.59. The molecule has 0 bridgehead atoms. The lowest BCUT2D eigenvalue weighted by atomic mass is 10.1. The Morgan fingerprint density at radius 2 is 1.96 bits per heavy atom. The van der Waals surface area contributed by atoms with Crippen LogP contribution in [0.3, 0.4) is 0 Å². The monoisotopic (exact) mass is 350 g/mol. The van der Waals surface area contributed by atoms with Gasteiger partial charge in [0.25, 0.3) is 5.91 Å². The predicted molar refractivity (Wildman–Crippen MR) is 94.6 cm³/mol. The number of anilines is 1. The highest BCUT2D eigenvalue weighted by Crippen LogP contribution is 2.33. The summed E-state index contributed by atoms with van der Waals surface area (Å²) >= 11 is 0. The minimum Gasteiger partial charge on any atom is -0.332 e. The van der Waals surface area contributed by atoms with Gasteiger partial charge in [-0.05, 0) is 48.7 Å². The summed E-state index contributed by atoms with van der Waals surface area (Å²) in [6, 6.07) is 10.3. The van der Waals surface area contributed by atoms with Crippen LogP contribution in [-0.2, 0) is 4.79 Å². The fraction of sp³-hybridized carbons (Fsp3) is 0.263. The molecular weight excluding hydrogens is 332 g/mol. The first-order valence-electron chi connectivity index (χ1n) is 8.56. The number of rotatable bonds is 3. The van der Waals surface area contributed by atoms with E-state index in [1.165, 1.54) is 4.90 Å². The first-order chi connectivity index (χ1) is 12.6. The van der Waals surface area contributed by atoms with Crippen molar-refractivity contribution in [2.24, 2.45) is 0 Å². The van der Waals surface area contributed by atoms with E-state index in [4.69, 9.17) is 0 Å². The van der Waals surface area contributed by atoms with Crippen molar-refractivity contribution in [2.45, 2.75) is 18.9 Å². The number of benzene rings is 1. The Morgan fingerprint density at radius 3 is 2.62 bits per heavy atom. The summed E-state index contributed by atoms with van der Waals surface area (Å²) < 4.78 is 0. The maximum atomic E-state index is 12.9. The summed E-state index contributed by atoms with van der Waals surface area (Å²) in [5.41, 5.74) is 2.20. The molecule has 1 aromatic carbocycles. The van der Waals surface area contributed by atoms with Gasteiger partial charge >= 0.3 is 6.03 Å². The van der Waals surface area contributed by atoms with E-state index in [1.807, 2.05) is 23.2 Å². The molecular formula is C19H18N4O3. The van der Waals surface area contributed by atoms with Crippen molar-refractivity contribution in [1.29, 1.82) is 0 Å². The highest BCUT2D eigenvalue weighted by Gasteiger charge is 2.31. The number of carbonyl (C=O) groups is 3. The quantitative estimate of drug-likeness (QED) is 0.860. The molecule has 7 heteroatoms. The maximum Gasteiger partial charge on any atom is 0.329 e. The van der Waals surface area contributed by atoms with Crippen molar-refractivity contribution < 1.29 is 14.4 Å². The average molecular weight is 350 g/mol. The molecule has 1 aromatic heterocycles. The largest absolute Gasteiger partial charge is 0.332 e. The van der Waals surface area contributed by atoms with Crippen LogP contribution < -0.4 is 10.2 Å². The SMILES string of the molecule is O=C1CN(c2ccc(C(=O)N3CCC[C@@H]3c3cccnc3)cc2)C(=O)N1. The van der Waals surface area contributed by atoms with Crippen LogP contribution in [0, 0.1) is 0 Å². The van der Waals surface area contributed by atoms with Crippen LogP contribution in [0.25, 0.3) is 0 Å². The summed E-state index contributed by atoms with van der Waals surface area (Å²) in [5, 5.41) is 2.24. The number of urea groups is 1. The van der Waals surface area contributed by atoms with Crippen LogP contribution in [0.15, 0.2) is 48.8 Å². The first kappa shape index (κ1) is 16.3. The second-order valence-electron chi connectivity index (χ2n) is 6.43. The van der Waals surface area contributed by atoms with E-state index in [1.54, 1.807) is 30.5 Å². The van der Waals surface area contributed by atoms with E-state index in [0.29, 0.717) is 17.8 Å². The zero-order chi connectivity index (χ0) is 18.1. The van der Waals surface area contributed by atoms with Crippen molar-refractivity contribution >= 4 is 23.5 Å². The molecule has 1 atom stereocenters. The summed E-state index contributed by atoms with van der Waals surface area (Å²) in [4.78, 5) is 43.4. The third-order valence-corrected chi connectivity index (χ3v) is 4.80. The minimum atomic E-state index is -0.440. The van der Waals surface area contributed by atoms with Gasteiger partial charge in [-0.2, -0.15) is 0 Å². The number of likely N-dealkylation sites (tertiary alicyclic amines) is 1. The van der Waals surface area contributed by atoms with E-state index >= 15 is 0 Å². The van der Waals surface area contributed by atoms with Crippen LogP contribution in [0.2, 0.25) is 0 Å². The molecule has 4 rings (SSSR count). The van der Waals surface area contributed by atoms with Gasteiger partial charge in [-0.25, -0.2) is 4.79 Å². The standard InChI is InChI=1S/C19H18N4O3/c24-17-12-23(19(26)21-17)15-7-5-13(6-8-15)18(25)22-10-2-4-16(22)14-3-1-9-20-11-14/h1,3,5-9,11,16H,2,4,10,12H2,(H,21,24,26)/t16-/m1/s1. The van der Waals surface area contributed by atoms with Crippen molar-refractivity contribution in [3.05, 3.63) is 59.9 Å². The molecule has 26 heavy (non-hydrogen) atoms. The number of hydrogen-bond donors (Lipinski definition) is 1. The normalized spacial score (nSPS) is 19.8. The Bertz CT molecular complexity index is 851. The second-order valence-corrected chi connectivity index (χ2v) is 6.43. The molecule has 0 spiro atoms. The number of nitrogens with zero attached hydrogens (tertiary/aromatic N) is 3. The smallest absolute Gasteiger partial charge is 0.329 e. The summed E-state index contributed by atoms with van der Waals surface area (Å²) in [5.74, 6) is -0.364. The molecule has 4 amide bonds. The van der Waals surface area contributed by atoms with Gasteiger partial charge < -0.3 is 4.90 Å². The first-order valence-corrected chi connectivity index (χ1v) is 8.56. The van der Waals surface area contributed by atoms with Crippen LogP contribution in [0.5, 0.6) is 0 Å². The summed E-state index contributed by atoms with van der Waals surface area (Å²) in [6.07, 6.45) is 5.41. The molecule has 2 saturated heterocycles. The zero-order valence-electron chi connectivity index (χ0n) is 14.1. The molecule has 132 valence electrons. The molecule has 0 radical (unpaired) electrons. The number of amides is 4. The molecule has 0 unspecified atom stereocenters. The van der Waals surface area contributed by atoms with E-state index < -0.39 is 6.03 Å². The molecule has 1 N–H and O–H groups in total. The number of pyridine rings is 1.